The van der Waals surface area contributed by atoms with Crippen molar-refractivity contribution in [1.82, 2.24) is 5.32 Å². The van der Waals surface area contributed by atoms with Crippen molar-refractivity contribution in [3.05, 3.63) is 23.8 Å². The van der Waals surface area contributed by atoms with Gasteiger partial charge in [0, 0.05) is 10.9 Å². The first kappa shape index (κ1) is 15.2. The van der Waals surface area contributed by atoms with Crippen molar-refractivity contribution in [3.8, 4) is 5.75 Å². The summed E-state index contributed by atoms with van der Waals surface area (Å²) in [5.41, 5.74) is 0.628. The van der Waals surface area contributed by atoms with Gasteiger partial charge in [-0.2, -0.15) is 0 Å². The smallest absolute Gasteiger partial charge is 0.255 e. The summed E-state index contributed by atoms with van der Waals surface area (Å²) in [5, 5.41) is 3.15. The van der Waals surface area contributed by atoms with E-state index in [4.69, 9.17) is 4.74 Å². The van der Waals surface area contributed by atoms with E-state index in [1.165, 1.54) is 12.8 Å². The van der Waals surface area contributed by atoms with Crippen LogP contribution in [-0.2, 0) is 0 Å². The molecule has 1 amide bonds. The Morgan fingerprint density at radius 3 is 2.85 bits per heavy atom. The fourth-order valence-electron chi connectivity index (χ4n) is 2.81. The van der Waals surface area contributed by atoms with E-state index >= 15 is 0 Å². The van der Waals surface area contributed by atoms with E-state index in [9.17, 15) is 4.79 Å². The Balaban J connectivity index is 2.08. The average Bonchev–Trinajstić information content (AvgIpc) is 2.46. The molecule has 1 N–H and O–H groups in total. The normalized spacial score (nSPS) is 22.4. The second-order valence-electron chi connectivity index (χ2n) is 5.51. The minimum absolute atomic E-state index is 0.0198. The zero-order valence-corrected chi connectivity index (χ0v) is 13.3. The first-order valence-corrected chi connectivity index (χ1v) is 8.39. The molecule has 0 saturated heterocycles. The maximum atomic E-state index is 12.4. The second kappa shape index (κ2) is 7.02. The van der Waals surface area contributed by atoms with Crippen LogP contribution in [0.2, 0.25) is 0 Å². The lowest BCUT2D eigenvalue weighted by Gasteiger charge is -2.27. The number of thioether (sulfide) groups is 1. The molecule has 0 bridgehead atoms. The van der Waals surface area contributed by atoms with Gasteiger partial charge in [0.25, 0.3) is 5.91 Å². The Kier molecular flexibility index (Phi) is 5.35. The van der Waals surface area contributed by atoms with Gasteiger partial charge in [-0.05, 0) is 43.2 Å². The number of benzene rings is 1. The number of methoxy groups -OCH3 is 1. The van der Waals surface area contributed by atoms with Crippen molar-refractivity contribution >= 4 is 17.7 Å². The number of rotatable bonds is 4. The molecule has 0 aliphatic heterocycles. The maximum absolute atomic E-state index is 12.4. The number of carbonyl (C=O) groups excluding carboxylic acids is 1. The third-order valence-corrected chi connectivity index (χ3v) is 4.65. The van der Waals surface area contributed by atoms with Crippen LogP contribution in [0.5, 0.6) is 5.75 Å². The Hall–Kier alpha value is -1.16. The predicted octanol–water partition coefficient (Wildman–Crippen LogP) is 3.73. The van der Waals surface area contributed by atoms with E-state index in [1.807, 2.05) is 24.5 Å². The van der Waals surface area contributed by atoms with Gasteiger partial charge in [-0.1, -0.05) is 19.8 Å². The molecule has 0 heterocycles. The van der Waals surface area contributed by atoms with Crippen molar-refractivity contribution in [2.24, 2.45) is 5.92 Å². The minimum atomic E-state index is -0.0198. The van der Waals surface area contributed by atoms with Crippen LogP contribution in [-0.4, -0.2) is 25.3 Å². The highest BCUT2D eigenvalue weighted by atomic mass is 32.2. The highest BCUT2D eigenvalue weighted by Gasteiger charge is 2.22. The van der Waals surface area contributed by atoms with E-state index in [2.05, 4.69) is 12.2 Å². The lowest BCUT2D eigenvalue weighted by molar-refractivity contribution is 0.0918. The zero-order chi connectivity index (χ0) is 14.5. The van der Waals surface area contributed by atoms with Crippen LogP contribution in [0.4, 0.5) is 0 Å². The summed E-state index contributed by atoms with van der Waals surface area (Å²) in [6.07, 6.45) is 6.66. The molecule has 1 aromatic carbocycles. The van der Waals surface area contributed by atoms with Gasteiger partial charge in [0.05, 0.1) is 12.7 Å². The van der Waals surface area contributed by atoms with Gasteiger partial charge in [-0.3, -0.25) is 4.79 Å². The molecule has 20 heavy (non-hydrogen) atoms. The first-order valence-electron chi connectivity index (χ1n) is 7.17. The van der Waals surface area contributed by atoms with Crippen LogP contribution in [0, 0.1) is 5.92 Å². The minimum Gasteiger partial charge on any atom is -0.496 e. The fourth-order valence-corrected chi connectivity index (χ4v) is 3.24. The molecule has 2 unspecified atom stereocenters. The van der Waals surface area contributed by atoms with Gasteiger partial charge in [0.1, 0.15) is 5.75 Å². The molecular formula is C16H23NO2S. The van der Waals surface area contributed by atoms with E-state index in [1.54, 1.807) is 18.9 Å². The Labute approximate surface area is 125 Å². The second-order valence-corrected chi connectivity index (χ2v) is 6.39. The summed E-state index contributed by atoms with van der Waals surface area (Å²) >= 11 is 1.64. The van der Waals surface area contributed by atoms with Crippen molar-refractivity contribution < 1.29 is 9.53 Å². The lowest BCUT2D eigenvalue weighted by atomic mass is 9.87. The number of hydrogen-bond acceptors (Lipinski definition) is 3. The van der Waals surface area contributed by atoms with Crippen LogP contribution in [0.1, 0.15) is 43.0 Å². The predicted molar refractivity (Wildman–Crippen MR) is 83.7 cm³/mol. The summed E-state index contributed by atoms with van der Waals surface area (Å²) in [6, 6.07) is 6.04. The summed E-state index contributed by atoms with van der Waals surface area (Å²) < 4.78 is 5.35. The molecule has 0 radical (unpaired) electrons. The average molecular weight is 293 g/mol. The van der Waals surface area contributed by atoms with E-state index in [0.717, 1.165) is 17.7 Å². The van der Waals surface area contributed by atoms with Gasteiger partial charge in [0.15, 0.2) is 0 Å². The summed E-state index contributed by atoms with van der Waals surface area (Å²) in [7, 11) is 1.61. The van der Waals surface area contributed by atoms with Crippen LogP contribution >= 0.6 is 11.8 Å². The van der Waals surface area contributed by atoms with Crippen molar-refractivity contribution in [3.63, 3.8) is 0 Å². The van der Waals surface area contributed by atoms with E-state index < -0.39 is 0 Å². The topological polar surface area (TPSA) is 38.3 Å². The Morgan fingerprint density at radius 2 is 2.20 bits per heavy atom. The molecule has 0 aromatic heterocycles. The van der Waals surface area contributed by atoms with Gasteiger partial charge in [0.2, 0.25) is 0 Å². The van der Waals surface area contributed by atoms with E-state index in [-0.39, 0.29) is 5.91 Å². The molecule has 1 saturated carbocycles. The van der Waals surface area contributed by atoms with E-state index in [0.29, 0.717) is 23.3 Å². The third-order valence-electron chi connectivity index (χ3n) is 3.92. The quantitative estimate of drug-likeness (QED) is 0.860. The molecule has 1 fully saturated rings. The van der Waals surface area contributed by atoms with Gasteiger partial charge >= 0.3 is 0 Å². The third kappa shape index (κ3) is 3.69. The zero-order valence-electron chi connectivity index (χ0n) is 12.4. The molecule has 1 aliphatic carbocycles. The summed E-state index contributed by atoms with van der Waals surface area (Å²) in [6.45, 7) is 2.26. The Bertz CT molecular complexity index is 476. The van der Waals surface area contributed by atoms with Gasteiger partial charge in [-0.25, -0.2) is 0 Å². The van der Waals surface area contributed by atoms with Gasteiger partial charge in [-0.15, -0.1) is 11.8 Å². The van der Waals surface area contributed by atoms with Crippen molar-refractivity contribution in [1.29, 1.82) is 0 Å². The molecule has 1 aromatic rings. The van der Waals surface area contributed by atoms with Crippen LogP contribution in [0.15, 0.2) is 23.1 Å². The molecule has 4 heteroatoms. The number of amides is 1. The van der Waals surface area contributed by atoms with Gasteiger partial charge < -0.3 is 10.1 Å². The fraction of sp³-hybridized carbons (Fsp3) is 0.562. The molecular weight excluding hydrogens is 270 g/mol. The van der Waals surface area contributed by atoms with Crippen LogP contribution in [0.25, 0.3) is 0 Å². The van der Waals surface area contributed by atoms with Crippen LogP contribution in [0.3, 0.4) is 0 Å². The molecule has 1 aliphatic rings. The monoisotopic (exact) mass is 293 g/mol. The van der Waals surface area contributed by atoms with Crippen molar-refractivity contribution in [2.75, 3.05) is 13.4 Å². The SMILES string of the molecule is COc1cc(SC)ccc1C(=O)NC1CCCC(C)C1. The Morgan fingerprint density at radius 1 is 1.40 bits per heavy atom. The highest BCUT2D eigenvalue weighted by molar-refractivity contribution is 7.98. The standard InChI is InChI=1S/C16H23NO2S/c1-11-5-4-6-12(9-11)17-16(18)14-8-7-13(20-3)10-15(14)19-2/h7-8,10-12H,4-6,9H2,1-3H3,(H,17,18). The molecule has 110 valence electrons. The lowest BCUT2D eigenvalue weighted by Crippen LogP contribution is -2.38. The highest BCUT2D eigenvalue weighted by Crippen LogP contribution is 2.27. The maximum Gasteiger partial charge on any atom is 0.255 e. The number of carbonyl (C=O) groups is 1. The number of hydrogen-bond donors (Lipinski definition) is 1. The number of ether oxygens (including phenoxy) is 1. The molecule has 2 atom stereocenters. The first-order chi connectivity index (χ1) is 9.63. The number of nitrogens with one attached hydrogen (secondary N) is 1. The molecule has 2 rings (SSSR count). The summed E-state index contributed by atoms with van der Waals surface area (Å²) in [5.74, 6) is 1.33. The molecule has 3 nitrogen and oxygen atoms in total. The van der Waals surface area contributed by atoms with Crippen molar-refractivity contribution in [2.45, 2.75) is 43.5 Å². The molecule has 0 spiro atoms. The summed E-state index contributed by atoms with van der Waals surface area (Å²) in [4.78, 5) is 13.5. The largest absolute Gasteiger partial charge is 0.496 e. The van der Waals surface area contributed by atoms with Crippen LogP contribution < -0.4 is 10.1 Å².